The van der Waals surface area contributed by atoms with Gasteiger partial charge in [-0.2, -0.15) is 5.10 Å². The van der Waals surface area contributed by atoms with Crippen molar-refractivity contribution in [3.63, 3.8) is 0 Å². The predicted octanol–water partition coefficient (Wildman–Crippen LogP) is 3.01. The molecule has 2 N–H and O–H groups in total. The van der Waals surface area contributed by atoms with Gasteiger partial charge in [-0.25, -0.2) is 13.8 Å². The number of para-hydroxylation sites is 1. The SMILES string of the molecule is Cc1ccccc1N(CC(=O)N/N=C\c1ccc(OCC(=O)NC[C@H]2CCCO2)cc1)S(=O)(=O)c1ccccc1. The van der Waals surface area contributed by atoms with E-state index in [4.69, 9.17) is 9.47 Å². The van der Waals surface area contributed by atoms with Gasteiger partial charge in [-0.15, -0.1) is 0 Å². The molecule has 0 bridgehead atoms. The van der Waals surface area contributed by atoms with Crippen LogP contribution in [0.5, 0.6) is 5.75 Å². The van der Waals surface area contributed by atoms with E-state index in [1.54, 1.807) is 73.7 Å². The smallest absolute Gasteiger partial charge is 0.264 e. The Morgan fingerprint density at radius 1 is 1.02 bits per heavy atom. The van der Waals surface area contributed by atoms with Gasteiger partial charge in [-0.05, 0) is 73.4 Å². The number of rotatable bonds is 12. The molecule has 0 aromatic heterocycles. The summed E-state index contributed by atoms with van der Waals surface area (Å²) in [7, 11) is -4.00. The first-order valence-electron chi connectivity index (χ1n) is 12.9. The van der Waals surface area contributed by atoms with Crippen molar-refractivity contribution in [1.29, 1.82) is 0 Å². The van der Waals surface area contributed by atoms with Crippen molar-refractivity contribution in [2.75, 3.05) is 30.6 Å². The number of anilines is 1. The lowest BCUT2D eigenvalue weighted by Gasteiger charge is -2.25. The van der Waals surface area contributed by atoms with Crippen molar-refractivity contribution >= 4 is 33.7 Å². The molecular formula is C29H32N4O6S. The number of hydrazone groups is 1. The second kappa shape index (κ2) is 13.7. The molecule has 2 amide bonds. The Morgan fingerprint density at radius 2 is 1.75 bits per heavy atom. The quantitative estimate of drug-likeness (QED) is 0.257. The fourth-order valence-corrected chi connectivity index (χ4v) is 5.60. The van der Waals surface area contributed by atoms with Crippen molar-refractivity contribution in [2.24, 2.45) is 5.10 Å². The van der Waals surface area contributed by atoms with E-state index >= 15 is 0 Å². The molecule has 1 fully saturated rings. The maximum absolute atomic E-state index is 13.4. The number of hydrogen-bond acceptors (Lipinski definition) is 7. The Bertz CT molecular complexity index is 1420. The zero-order valence-electron chi connectivity index (χ0n) is 22.2. The number of amides is 2. The molecule has 10 nitrogen and oxygen atoms in total. The Balaban J connectivity index is 1.32. The molecule has 4 rings (SSSR count). The molecule has 0 aliphatic carbocycles. The van der Waals surface area contributed by atoms with E-state index in [0.717, 1.165) is 23.8 Å². The lowest BCUT2D eigenvalue weighted by atomic mass is 10.2. The molecule has 1 aliphatic heterocycles. The van der Waals surface area contributed by atoms with E-state index in [1.165, 1.54) is 18.3 Å². The molecule has 3 aromatic rings. The molecule has 0 saturated carbocycles. The van der Waals surface area contributed by atoms with Crippen molar-refractivity contribution < 1.29 is 27.5 Å². The molecule has 0 unspecified atom stereocenters. The minimum atomic E-state index is -4.00. The third-order valence-corrected chi connectivity index (χ3v) is 7.98. The maximum Gasteiger partial charge on any atom is 0.264 e. The zero-order valence-corrected chi connectivity index (χ0v) is 23.0. The van der Waals surface area contributed by atoms with Crippen LogP contribution in [-0.4, -0.2) is 58.9 Å². The van der Waals surface area contributed by atoms with Gasteiger partial charge in [-0.1, -0.05) is 36.4 Å². The van der Waals surface area contributed by atoms with Crippen LogP contribution in [0.3, 0.4) is 0 Å². The summed E-state index contributed by atoms with van der Waals surface area (Å²) >= 11 is 0. The molecule has 3 aromatic carbocycles. The summed E-state index contributed by atoms with van der Waals surface area (Å²) in [6.45, 7) is 2.42. The highest BCUT2D eigenvalue weighted by Crippen LogP contribution is 2.26. The molecule has 210 valence electrons. The van der Waals surface area contributed by atoms with Crippen molar-refractivity contribution in [3.8, 4) is 5.75 Å². The Hall–Kier alpha value is -4.22. The number of carbonyl (C=O) groups excluding carboxylic acids is 2. The summed E-state index contributed by atoms with van der Waals surface area (Å²) in [4.78, 5) is 24.8. The normalized spacial score (nSPS) is 15.1. The predicted molar refractivity (Wildman–Crippen MR) is 152 cm³/mol. The third-order valence-electron chi connectivity index (χ3n) is 6.21. The largest absolute Gasteiger partial charge is 0.484 e. The number of benzene rings is 3. The summed E-state index contributed by atoms with van der Waals surface area (Å²) in [6, 6.07) is 21.7. The fourth-order valence-electron chi connectivity index (χ4n) is 4.09. The molecular weight excluding hydrogens is 532 g/mol. The van der Waals surface area contributed by atoms with Gasteiger partial charge in [-0.3, -0.25) is 13.9 Å². The van der Waals surface area contributed by atoms with Crippen LogP contribution < -0.4 is 19.8 Å². The molecule has 1 heterocycles. The topological polar surface area (TPSA) is 126 Å². The van der Waals surface area contributed by atoms with Gasteiger partial charge >= 0.3 is 0 Å². The summed E-state index contributed by atoms with van der Waals surface area (Å²) < 4.78 is 38.9. The first-order valence-corrected chi connectivity index (χ1v) is 14.3. The highest BCUT2D eigenvalue weighted by Gasteiger charge is 2.28. The van der Waals surface area contributed by atoms with Crippen LogP contribution in [0, 0.1) is 6.92 Å². The van der Waals surface area contributed by atoms with E-state index in [1.807, 2.05) is 0 Å². The van der Waals surface area contributed by atoms with Crippen molar-refractivity contribution in [2.45, 2.75) is 30.8 Å². The third kappa shape index (κ3) is 7.90. The second-order valence-electron chi connectivity index (χ2n) is 9.20. The van der Waals surface area contributed by atoms with Crippen LogP contribution >= 0.6 is 0 Å². The lowest BCUT2D eigenvalue weighted by molar-refractivity contribution is -0.123. The van der Waals surface area contributed by atoms with E-state index in [9.17, 15) is 18.0 Å². The molecule has 0 spiro atoms. The number of hydrogen-bond donors (Lipinski definition) is 2. The highest BCUT2D eigenvalue weighted by molar-refractivity contribution is 7.92. The molecule has 0 radical (unpaired) electrons. The number of nitrogens with zero attached hydrogens (tertiary/aromatic N) is 2. The molecule has 1 atom stereocenters. The van der Waals surface area contributed by atoms with E-state index in [-0.39, 0.29) is 23.5 Å². The number of carbonyl (C=O) groups is 2. The maximum atomic E-state index is 13.4. The van der Waals surface area contributed by atoms with Gasteiger partial charge in [0.15, 0.2) is 6.61 Å². The number of sulfonamides is 1. The van der Waals surface area contributed by atoms with Gasteiger partial charge in [0.05, 0.1) is 22.9 Å². The number of nitrogens with one attached hydrogen (secondary N) is 2. The standard InChI is InChI=1S/C29H32N4O6S/c1-22-8-5-6-12-27(22)33(40(36,37)26-10-3-2-4-11-26)20-28(34)32-31-18-23-13-15-24(16-14-23)39-21-29(35)30-19-25-9-7-17-38-25/h2-6,8,10-16,18,25H,7,9,17,19-21H2,1H3,(H,30,35)(H,32,34)/b31-18-/t25-/m1/s1. The van der Waals surface area contributed by atoms with E-state index in [2.05, 4.69) is 15.8 Å². The minimum Gasteiger partial charge on any atom is -0.484 e. The minimum absolute atomic E-state index is 0.0711. The summed E-state index contributed by atoms with van der Waals surface area (Å²) in [6.07, 6.45) is 3.46. The zero-order chi connectivity index (χ0) is 28.4. The summed E-state index contributed by atoms with van der Waals surface area (Å²) in [5, 5.41) is 6.77. The van der Waals surface area contributed by atoms with Crippen LogP contribution in [-0.2, 0) is 24.3 Å². The number of aryl methyl sites for hydroxylation is 1. The Kier molecular flexibility index (Phi) is 9.87. The van der Waals surface area contributed by atoms with Crippen molar-refractivity contribution in [3.05, 3.63) is 90.0 Å². The van der Waals surface area contributed by atoms with Crippen LogP contribution in [0.25, 0.3) is 0 Å². The summed E-state index contributed by atoms with van der Waals surface area (Å²) in [5.74, 6) is -0.320. The monoisotopic (exact) mass is 564 g/mol. The van der Waals surface area contributed by atoms with Crippen LogP contribution in [0.2, 0.25) is 0 Å². The van der Waals surface area contributed by atoms with Crippen molar-refractivity contribution in [1.82, 2.24) is 10.7 Å². The molecule has 1 aliphatic rings. The molecule has 11 heteroatoms. The first kappa shape index (κ1) is 28.8. The molecule has 40 heavy (non-hydrogen) atoms. The Labute approximate surface area is 234 Å². The van der Waals surface area contributed by atoms with Gasteiger partial charge in [0.2, 0.25) is 0 Å². The fraction of sp³-hybridized carbons (Fsp3) is 0.276. The average molecular weight is 565 g/mol. The van der Waals surface area contributed by atoms with E-state index < -0.39 is 22.5 Å². The second-order valence-corrected chi connectivity index (χ2v) is 11.1. The van der Waals surface area contributed by atoms with Crippen LogP contribution in [0.4, 0.5) is 5.69 Å². The Morgan fingerprint density at radius 3 is 2.45 bits per heavy atom. The first-order chi connectivity index (χ1) is 19.3. The highest BCUT2D eigenvalue weighted by atomic mass is 32.2. The van der Waals surface area contributed by atoms with Crippen LogP contribution in [0.1, 0.15) is 24.0 Å². The van der Waals surface area contributed by atoms with Crippen LogP contribution in [0.15, 0.2) is 88.9 Å². The number of ether oxygens (including phenoxy) is 2. The van der Waals surface area contributed by atoms with E-state index in [0.29, 0.717) is 29.1 Å². The van der Waals surface area contributed by atoms with Gasteiger partial charge in [0.1, 0.15) is 12.3 Å². The average Bonchev–Trinajstić information content (AvgIpc) is 3.49. The van der Waals surface area contributed by atoms with Gasteiger partial charge in [0.25, 0.3) is 21.8 Å². The molecule has 1 saturated heterocycles. The van der Waals surface area contributed by atoms with Gasteiger partial charge in [0, 0.05) is 13.2 Å². The van der Waals surface area contributed by atoms with Gasteiger partial charge < -0.3 is 14.8 Å². The summed E-state index contributed by atoms with van der Waals surface area (Å²) in [5.41, 5.74) is 4.18. The lowest BCUT2D eigenvalue weighted by Crippen LogP contribution is -2.40.